The summed E-state index contributed by atoms with van der Waals surface area (Å²) in [5.41, 5.74) is 0. The van der Waals surface area contributed by atoms with Crippen molar-refractivity contribution in [2.75, 3.05) is 19.8 Å². The van der Waals surface area contributed by atoms with Gasteiger partial charge >= 0.3 is 0 Å². The van der Waals surface area contributed by atoms with Crippen LogP contribution in [-0.4, -0.2) is 29.9 Å². The average Bonchev–Trinajstić information content (AvgIpc) is 2.77. The summed E-state index contributed by atoms with van der Waals surface area (Å²) in [6.07, 6.45) is 5.10. The van der Waals surface area contributed by atoms with Gasteiger partial charge < -0.3 is 4.90 Å². The highest BCUT2D eigenvalue weighted by Crippen LogP contribution is 2.38. The lowest BCUT2D eigenvalue weighted by atomic mass is 10.3. The number of amidine groups is 1. The molecule has 0 amide bonds. The molecular formula is C9H15N3S. The monoisotopic (exact) mass is 197 g/mol. The molecule has 0 N–H and O–H groups in total. The molecule has 0 aliphatic heterocycles. The van der Waals surface area contributed by atoms with Gasteiger partial charge in [0.05, 0.1) is 0 Å². The van der Waals surface area contributed by atoms with E-state index in [0.29, 0.717) is 0 Å². The van der Waals surface area contributed by atoms with E-state index in [9.17, 15) is 0 Å². The quantitative estimate of drug-likeness (QED) is 0.385. The van der Waals surface area contributed by atoms with Crippen molar-refractivity contribution in [1.82, 2.24) is 4.90 Å². The highest BCUT2D eigenvalue weighted by Gasteiger charge is 2.33. The summed E-state index contributed by atoms with van der Waals surface area (Å²) < 4.78 is 0. The normalized spacial score (nSPS) is 26.8. The maximum Gasteiger partial charge on any atom is 0.208 e. The van der Waals surface area contributed by atoms with Gasteiger partial charge in [0.2, 0.25) is 6.19 Å². The second-order valence-electron chi connectivity index (χ2n) is 3.55. The molecule has 1 rings (SSSR count). The highest BCUT2D eigenvalue weighted by atomic mass is 32.2. The highest BCUT2D eigenvalue weighted by molar-refractivity contribution is 8.13. The number of thioether (sulfide) groups is 1. The third kappa shape index (κ3) is 2.92. The molecule has 0 saturated heterocycles. The number of hydrogen-bond acceptors (Lipinski definition) is 3. The van der Waals surface area contributed by atoms with E-state index in [4.69, 9.17) is 5.26 Å². The smallest absolute Gasteiger partial charge is 0.208 e. The molecule has 4 heteroatoms. The van der Waals surface area contributed by atoms with Crippen LogP contribution in [0.25, 0.3) is 0 Å². The average molecular weight is 197 g/mol. The van der Waals surface area contributed by atoms with Crippen molar-refractivity contribution >= 4 is 16.9 Å². The molecule has 0 aromatic rings. The molecule has 0 aromatic heterocycles. The molecule has 0 bridgehead atoms. The summed E-state index contributed by atoms with van der Waals surface area (Å²) in [5, 5.41) is 9.26. The van der Waals surface area contributed by atoms with Gasteiger partial charge in [-0.15, -0.1) is 4.99 Å². The van der Waals surface area contributed by atoms with Crippen LogP contribution in [0, 0.1) is 23.3 Å². The molecular weight excluding hydrogens is 182 g/mol. The van der Waals surface area contributed by atoms with Crippen LogP contribution in [0.1, 0.15) is 13.3 Å². The Morgan fingerprint density at radius 2 is 2.38 bits per heavy atom. The third-order valence-electron chi connectivity index (χ3n) is 2.44. The van der Waals surface area contributed by atoms with Gasteiger partial charge in [0.25, 0.3) is 0 Å². The summed E-state index contributed by atoms with van der Waals surface area (Å²) in [7, 11) is 2.00. The summed E-state index contributed by atoms with van der Waals surface area (Å²) in [6, 6.07) is 0. The Balaban J connectivity index is 2.41. The van der Waals surface area contributed by atoms with Crippen LogP contribution in [0.3, 0.4) is 0 Å². The van der Waals surface area contributed by atoms with Crippen molar-refractivity contribution in [2.45, 2.75) is 13.3 Å². The fourth-order valence-electron chi connectivity index (χ4n) is 1.41. The first-order chi connectivity index (χ1) is 6.19. The van der Waals surface area contributed by atoms with Crippen LogP contribution in [0.15, 0.2) is 4.99 Å². The first kappa shape index (κ1) is 10.4. The maximum absolute atomic E-state index is 8.44. The number of nitriles is 1. The number of rotatable bonds is 2. The van der Waals surface area contributed by atoms with Crippen molar-refractivity contribution < 1.29 is 0 Å². The summed E-state index contributed by atoms with van der Waals surface area (Å²) >= 11 is 1.53. The van der Waals surface area contributed by atoms with E-state index in [1.807, 2.05) is 19.5 Å². The molecule has 0 spiro atoms. The lowest BCUT2D eigenvalue weighted by Gasteiger charge is -2.18. The van der Waals surface area contributed by atoms with Crippen LogP contribution in [-0.2, 0) is 0 Å². The third-order valence-corrected chi connectivity index (χ3v) is 3.21. The zero-order chi connectivity index (χ0) is 9.84. The SMILES string of the molecule is CSC(=NC#N)N(C)CC1CC1C. The minimum absolute atomic E-state index is 0.807. The van der Waals surface area contributed by atoms with Gasteiger partial charge in [0, 0.05) is 13.6 Å². The minimum atomic E-state index is 0.807. The first-order valence-corrected chi connectivity index (χ1v) is 5.63. The van der Waals surface area contributed by atoms with Crippen molar-refractivity contribution in [1.29, 1.82) is 5.26 Å². The molecule has 1 aliphatic rings. The largest absolute Gasteiger partial charge is 0.353 e. The topological polar surface area (TPSA) is 39.4 Å². The van der Waals surface area contributed by atoms with Gasteiger partial charge in [0.15, 0.2) is 5.17 Å². The van der Waals surface area contributed by atoms with Crippen LogP contribution in [0.2, 0.25) is 0 Å². The summed E-state index contributed by atoms with van der Waals surface area (Å²) in [6.45, 7) is 3.29. The Morgan fingerprint density at radius 1 is 1.77 bits per heavy atom. The first-order valence-electron chi connectivity index (χ1n) is 4.41. The Bertz CT molecular complexity index is 244. The fraction of sp³-hybridized carbons (Fsp3) is 0.778. The van der Waals surface area contributed by atoms with E-state index in [0.717, 1.165) is 23.5 Å². The van der Waals surface area contributed by atoms with E-state index in [-0.39, 0.29) is 0 Å². The zero-order valence-corrected chi connectivity index (χ0v) is 9.14. The predicted molar refractivity (Wildman–Crippen MR) is 56.5 cm³/mol. The molecule has 72 valence electrons. The van der Waals surface area contributed by atoms with Crippen molar-refractivity contribution in [3.8, 4) is 6.19 Å². The van der Waals surface area contributed by atoms with Gasteiger partial charge in [-0.1, -0.05) is 18.7 Å². The summed E-state index contributed by atoms with van der Waals surface area (Å²) in [4.78, 5) is 5.83. The number of hydrogen-bond donors (Lipinski definition) is 0. The molecule has 1 aliphatic carbocycles. The lowest BCUT2D eigenvalue weighted by Crippen LogP contribution is -2.26. The van der Waals surface area contributed by atoms with E-state index in [1.165, 1.54) is 18.2 Å². The number of aliphatic imine (C=N–C) groups is 1. The molecule has 2 unspecified atom stereocenters. The fourth-order valence-corrected chi connectivity index (χ4v) is 1.93. The van der Waals surface area contributed by atoms with Crippen LogP contribution >= 0.6 is 11.8 Å². The maximum atomic E-state index is 8.44. The minimum Gasteiger partial charge on any atom is -0.353 e. The molecule has 13 heavy (non-hydrogen) atoms. The Hall–Kier alpha value is -0.690. The molecule has 2 atom stereocenters. The van der Waals surface area contributed by atoms with E-state index < -0.39 is 0 Å². The molecule has 0 aromatic carbocycles. The van der Waals surface area contributed by atoms with Crippen LogP contribution < -0.4 is 0 Å². The van der Waals surface area contributed by atoms with Crippen molar-refractivity contribution in [3.05, 3.63) is 0 Å². The predicted octanol–water partition coefficient (Wildman–Crippen LogP) is 1.77. The Labute approximate surface area is 83.8 Å². The van der Waals surface area contributed by atoms with E-state index in [2.05, 4.69) is 16.8 Å². The van der Waals surface area contributed by atoms with Gasteiger partial charge in [-0.2, -0.15) is 5.26 Å². The van der Waals surface area contributed by atoms with Gasteiger partial charge in [-0.3, -0.25) is 0 Å². The van der Waals surface area contributed by atoms with E-state index in [1.54, 1.807) is 0 Å². The summed E-state index contributed by atoms with van der Waals surface area (Å²) in [5.74, 6) is 1.66. The van der Waals surface area contributed by atoms with Crippen molar-refractivity contribution in [3.63, 3.8) is 0 Å². The molecule has 1 fully saturated rings. The van der Waals surface area contributed by atoms with Crippen LogP contribution in [0.4, 0.5) is 0 Å². The second kappa shape index (κ2) is 4.52. The van der Waals surface area contributed by atoms with E-state index >= 15 is 0 Å². The van der Waals surface area contributed by atoms with Crippen LogP contribution in [0.5, 0.6) is 0 Å². The molecule has 1 saturated carbocycles. The van der Waals surface area contributed by atoms with Gasteiger partial charge in [-0.25, -0.2) is 0 Å². The molecule has 0 radical (unpaired) electrons. The number of nitrogens with zero attached hydrogens (tertiary/aromatic N) is 3. The Morgan fingerprint density at radius 3 is 2.77 bits per heavy atom. The van der Waals surface area contributed by atoms with Gasteiger partial charge in [-0.05, 0) is 24.5 Å². The molecule has 3 nitrogen and oxygen atoms in total. The second-order valence-corrected chi connectivity index (χ2v) is 4.33. The standard InChI is InChI=1S/C9H15N3S/c1-7-4-8(7)5-12(2)9(13-3)11-6-10/h7-8H,4-5H2,1-3H3. The zero-order valence-electron chi connectivity index (χ0n) is 8.32. The van der Waals surface area contributed by atoms with Crippen molar-refractivity contribution in [2.24, 2.45) is 16.8 Å². The lowest BCUT2D eigenvalue weighted by molar-refractivity contribution is 0.470. The van der Waals surface area contributed by atoms with Gasteiger partial charge in [0.1, 0.15) is 0 Å². The Kier molecular flexibility index (Phi) is 3.61. The molecule has 0 heterocycles.